The van der Waals surface area contributed by atoms with Gasteiger partial charge < -0.3 is 19.9 Å². The van der Waals surface area contributed by atoms with Crippen LogP contribution in [0.3, 0.4) is 0 Å². The molecule has 1 aromatic rings. The molecule has 1 unspecified atom stereocenters. The molecule has 0 radical (unpaired) electrons. The van der Waals surface area contributed by atoms with Gasteiger partial charge in [-0.05, 0) is 46.2 Å². The molecule has 2 aliphatic rings. The number of nitrogens with zero attached hydrogens (tertiary/aromatic N) is 3. The highest BCUT2D eigenvalue weighted by Gasteiger charge is 2.33. The van der Waals surface area contributed by atoms with Gasteiger partial charge in [-0.15, -0.1) is 0 Å². The third-order valence-corrected chi connectivity index (χ3v) is 5.84. The molecule has 2 fully saturated rings. The van der Waals surface area contributed by atoms with Gasteiger partial charge in [-0.2, -0.15) is 0 Å². The zero-order valence-corrected chi connectivity index (χ0v) is 18.5. The quantitative estimate of drug-likeness (QED) is 0.815. The van der Waals surface area contributed by atoms with Crippen LogP contribution in [0, 0.1) is 0 Å². The van der Waals surface area contributed by atoms with E-state index in [1.54, 1.807) is 13.8 Å². The number of ether oxygens (including phenoxy) is 1. The first-order chi connectivity index (χ1) is 14.8. The van der Waals surface area contributed by atoms with Crippen molar-refractivity contribution in [3.63, 3.8) is 0 Å². The monoisotopic (exact) mass is 417 g/mol. The van der Waals surface area contributed by atoms with Crippen LogP contribution >= 0.6 is 0 Å². The molecule has 0 saturated carbocycles. The van der Waals surface area contributed by atoms with Crippen molar-refractivity contribution in [3.8, 4) is 0 Å². The molecule has 3 rings (SSSR count). The molecule has 2 aliphatic heterocycles. The fourth-order valence-corrected chi connectivity index (χ4v) is 4.15. The molecular weight excluding hydrogens is 380 g/mol. The van der Waals surface area contributed by atoms with Gasteiger partial charge in [0.2, 0.25) is 5.91 Å². The van der Waals surface area contributed by atoms with E-state index in [1.807, 2.05) is 35.2 Å². The molecule has 7 nitrogen and oxygen atoms in total. The fraction of sp³-hybridized carbons (Fsp3) is 0.652. The van der Waals surface area contributed by atoms with Gasteiger partial charge in [-0.25, -0.2) is 4.79 Å². The van der Waals surface area contributed by atoms with Crippen molar-refractivity contribution < 1.29 is 15.7 Å². The van der Waals surface area contributed by atoms with Gasteiger partial charge in [0.25, 0.3) is 0 Å². The highest BCUT2D eigenvalue weighted by Crippen LogP contribution is 2.23. The first-order valence-electron chi connectivity index (χ1n) is 11.5. The number of benzene rings is 1. The summed E-state index contributed by atoms with van der Waals surface area (Å²) in [7, 11) is 2.16. The Labute approximate surface area is 181 Å². The van der Waals surface area contributed by atoms with Gasteiger partial charge in [-0.1, -0.05) is 30.3 Å². The van der Waals surface area contributed by atoms with Crippen molar-refractivity contribution in [3.05, 3.63) is 35.9 Å². The largest absolute Gasteiger partial charge is 0.444 e. The topological polar surface area (TPSA) is 65.1 Å². The minimum absolute atomic E-state index is 0.0514. The first kappa shape index (κ1) is 21.1. The molecule has 166 valence electrons. The van der Waals surface area contributed by atoms with Crippen molar-refractivity contribution in [2.45, 2.75) is 51.3 Å². The highest BCUT2D eigenvalue weighted by molar-refractivity contribution is 5.87. The maximum Gasteiger partial charge on any atom is 0.408 e. The number of piperidine rings is 1. The minimum atomic E-state index is -0.908. The average molecular weight is 418 g/mol. The van der Waals surface area contributed by atoms with Crippen LogP contribution in [0.25, 0.3) is 0 Å². The van der Waals surface area contributed by atoms with Gasteiger partial charge in [0, 0.05) is 46.7 Å². The van der Waals surface area contributed by atoms with Crippen LogP contribution in [0.4, 0.5) is 4.79 Å². The van der Waals surface area contributed by atoms with Crippen molar-refractivity contribution in [2.24, 2.45) is 0 Å². The zero-order valence-electron chi connectivity index (χ0n) is 19.5. The summed E-state index contributed by atoms with van der Waals surface area (Å²) in [5, 5.41) is 2.75. The number of likely N-dealkylation sites (tertiary alicyclic amines) is 1. The Bertz CT molecular complexity index is 730. The number of nitrogens with one attached hydrogen (secondary N) is 1. The molecular formula is C23H36N4O3. The molecule has 0 bridgehead atoms. The van der Waals surface area contributed by atoms with Crippen LogP contribution in [0.1, 0.15) is 46.6 Å². The molecule has 0 spiro atoms. The molecule has 30 heavy (non-hydrogen) atoms. The molecule has 1 atom stereocenters. The van der Waals surface area contributed by atoms with Crippen molar-refractivity contribution >= 4 is 12.0 Å². The van der Waals surface area contributed by atoms with Gasteiger partial charge in [0.05, 0.1) is 0 Å². The van der Waals surface area contributed by atoms with E-state index in [4.69, 9.17) is 6.11 Å². The summed E-state index contributed by atoms with van der Waals surface area (Å²) in [5.74, 6) is -0.108. The summed E-state index contributed by atoms with van der Waals surface area (Å²) in [6.07, 6.45) is 1.23. The molecule has 0 aliphatic carbocycles. The van der Waals surface area contributed by atoms with Gasteiger partial charge in [0.15, 0.2) is 0 Å². The van der Waals surface area contributed by atoms with Crippen molar-refractivity contribution in [1.82, 2.24) is 20.0 Å². The third kappa shape index (κ3) is 6.19. The number of alkyl carbamates (subject to hydrolysis) is 1. The van der Waals surface area contributed by atoms with Gasteiger partial charge in [0.1, 0.15) is 11.6 Å². The third-order valence-electron chi connectivity index (χ3n) is 5.84. The van der Waals surface area contributed by atoms with E-state index in [-0.39, 0.29) is 12.8 Å². The van der Waals surface area contributed by atoms with Gasteiger partial charge in [-0.3, -0.25) is 9.69 Å². The van der Waals surface area contributed by atoms with Crippen LogP contribution in [0.15, 0.2) is 30.3 Å². The summed E-state index contributed by atoms with van der Waals surface area (Å²) in [5.41, 5.74) is -0.177. The summed E-state index contributed by atoms with van der Waals surface area (Å²) < 4.78 is 12.9. The Morgan fingerprint density at radius 3 is 2.33 bits per heavy atom. The Morgan fingerprint density at radius 2 is 1.73 bits per heavy atom. The first-order valence-corrected chi connectivity index (χ1v) is 10.8. The molecule has 7 heteroatoms. The second-order valence-corrected chi connectivity index (χ2v) is 9.03. The number of carbonyl (C=O) groups is 2. The Hall–Kier alpha value is -2.12. The van der Waals surface area contributed by atoms with Crippen LogP contribution in [-0.4, -0.2) is 84.7 Å². The Kier molecular flexibility index (Phi) is 6.89. The van der Waals surface area contributed by atoms with E-state index >= 15 is 0 Å². The second-order valence-electron chi connectivity index (χ2n) is 9.03. The lowest BCUT2D eigenvalue weighted by Gasteiger charge is -2.42. The molecule has 0 aromatic heterocycles. The minimum Gasteiger partial charge on any atom is -0.444 e. The van der Waals surface area contributed by atoms with E-state index in [9.17, 15) is 9.59 Å². The average Bonchev–Trinajstić information content (AvgIpc) is 2.78. The smallest absolute Gasteiger partial charge is 0.408 e. The predicted octanol–water partition coefficient (Wildman–Crippen LogP) is 2.49. The van der Waals surface area contributed by atoms with E-state index in [2.05, 4.69) is 22.2 Å². The number of amides is 2. The molecule has 2 heterocycles. The predicted molar refractivity (Wildman–Crippen MR) is 117 cm³/mol. The SMILES string of the molecule is [2H]CC(C)(C)OC(=O)NC(C(=O)N1CCC(N2CCN(C)CC2)CC1)c1ccccc1. The molecule has 2 saturated heterocycles. The van der Waals surface area contributed by atoms with E-state index < -0.39 is 17.7 Å². The van der Waals surface area contributed by atoms with E-state index in [1.165, 1.54) is 0 Å². The summed E-state index contributed by atoms with van der Waals surface area (Å²) in [4.78, 5) is 32.6. The Morgan fingerprint density at radius 1 is 1.10 bits per heavy atom. The lowest BCUT2D eigenvalue weighted by Crippen LogP contribution is -2.54. The summed E-state index contributed by atoms with van der Waals surface area (Å²) >= 11 is 0. The van der Waals surface area contributed by atoms with Crippen molar-refractivity contribution in [2.75, 3.05) is 46.3 Å². The maximum absolute atomic E-state index is 13.4. The maximum atomic E-state index is 13.4. The second kappa shape index (κ2) is 9.79. The molecule has 1 aromatic carbocycles. The zero-order chi connectivity index (χ0) is 22.4. The van der Waals surface area contributed by atoms with Crippen LogP contribution in [0.5, 0.6) is 0 Å². The number of likely N-dealkylation sites (N-methyl/N-ethyl adjacent to an activating group) is 1. The van der Waals surface area contributed by atoms with Crippen molar-refractivity contribution in [1.29, 1.82) is 0 Å². The van der Waals surface area contributed by atoms with Crippen LogP contribution in [0.2, 0.25) is 0 Å². The number of hydrogen-bond donors (Lipinski definition) is 1. The lowest BCUT2D eigenvalue weighted by molar-refractivity contribution is -0.135. The molecule has 1 N–H and O–H groups in total. The summed E-state index contributed by atoms with van der Waals surface area (Å²) in [6.45, 7) is 9.05. The van der Waals surface area contributed by atoms with E-state index in [0.29, 0.717) is 19.1 Å². The number of piperazine rings is 1. The lowest BCUT2D eigenvalue weighted by atomic mass is 9.99. The molecule has 2 amide bonds. The van der Waals surface area contributed by atoms with E-state index in [0.717, 1.165) is 44.6 Å². The number of hydrogen-bond acceptors (Lipinski definition) is 5. The number of carbonyl (C=O) groups excluding carboxylic acids is 2. The van der Waals surface area contributed by atoms with Gasteiger partial charge >= 0.3 is 6.09 Å². The number of rotatable bonds is 4. The summed E-state index contributed by atoms with van der Waals surface area (Å²) in [6, 6.07) is 9.00. The van der Waals surface area contributed by atoms with Crippen LogP contribution < -0.4 is 5.32 Å². The van der Waals surface area contributed by atoms with Crippen LogP contribution in [-0.2, 0) is 9.53 Å². The Balaban J connectivity index is 1.63. The standard InChI is InChI=1S/C23H36N4O3/c1-23(2,3)30-22(29)24-20(18-8-6-5-7-9-18)21(28)27-12-10-19(11-13-27)26-16-14-25(4)15-17-26/h5-9,19-20H,10-17H2,1-4H3,(H,24,29)/i1D. The normalized spacial score (nSPS) is 21.0. The highest BCUT2D eigenvalue weighted by atomic mass is 16.6. The fourth-order valence-electron chi connectivity index (χ4n) is 4.15.